The van der Waals surface area contributed by atoms with E-state index in [9.17, 15) is 8.42 Å². The van der Waals surface area contributed by atoms with Gasteiger partial charge in [0, 0.05) is 32.9 Å². The molecule has 0 bridgehead atoms. The van der Waals surface area contributed by atoms with Crippen LogP contribution in [-0.2, 0) is 21.3 Å². The van der Waals surface area contributed by atoms with Crippen molar-refractivity contribution in [2.24, 2.45) is 5.73 Å². The molecule has 0 aliphatic carbocycles. The SMILES string of the molecule is COCCCS(=O)(=O)N(C)Cc1ccc(C#CCN)cc1. The number of methoxy groups -OCH3 is 1. The summed E-state index contributed by atoms with van der Waals surface area (Å²) in [5.41, 5.74) is 7.11. The van der Waals surface area contributed by atoms with Gasteiger partial charge in [-0.15, -0.1) is 0 Å². The number of nitrogens with two attached hydrogens (primary N) is 1. The van der Waals surface area contributed by atoms with E-state index in [4.69, 9.17) is 10.5 Å². The van der Waals surface area contributed by atoms with E-state index in [1.165, 1.54) is 4.31 Å². The van der Waals surface area contributed by atoms with Crippen LogP contribution in [0.5, 0.6) is 0 Å². The molecule has 0 aromatic heterocycles. The normalized spacial score (nSPS) is 11.2. The second kappa shape index (κ2) is 8.80. The van der Waals surface area contributed by atoms with E-state index in [0.717, 1.165) is 11.1 Å². The van der Waals surface area contributed by atoms with E-state index in [1.807, 2.05) is 24.3 Å². The zero-order valence-corrected chi connectivity index (χ0v) is 13.3. The Morgan fingerprint density at radius 3 is 2.52 bits per heavy atom. The lowest BCUT2D eigenvalue weighted by Crippen LogP contribution is -2.29. The molecular weight excluding hydrogens is 288 g/mol. The Kier molecular flexibility index (Phi) is 7.40. The molecule has 116 valence electrons. The molecule has 2 N–H and O–H groups in total. The minimum absolute atomic E-state index is 0.0946. The summed E-state index contributed by atoms with van der Waals surface area (Å²) >= 11 is 0. The van der Waals surface area contributed by atoms with Crippen LogP contribution in [0.2, 0.25) is 0 Å². The standard InChI is InChI=1S/C15H22N2O3S/c1-17(21(18,19)12-4-11-20-2)13-15-8-6-14(7-9-15)5-3-10-16/h6-9H,4,10-13,16H2,1-2H3. The fourth-order valence-electron chi connectivity index (χ4n) is 1.74. The highest BCUT2D eigenvalue weighted by atomic mass is 32.2. The molecule has 1 rings (SSSR count). The van der Waals surface area contributed by atoms with E-state index >= 15 is 0 Å². The van der Waals surface area contributed by atoms with Gasteiger partial charge in [0.05, 0.1) is 12.3 Å². The molecule has 0 radical (unpaired) electrons. The van der Waals surface area contributed by atoms with E-state index in [0.29, 0.717) is 26.1 Å². The van der Waals surface area contributed by atoms with E-state index < -0.39 is 10.0 Å². The van der Waals surface area contributed by atoms with Crippen LogP contribution in [0.3, 0.4) is 0 Å². The summed E-state index contributed by atoms with van der Waals surface area (Å²) in [6.07, 6.45) is 0.497. The van der Waals surface area contributed by atoms with Gasteiger partial charge in [-0.1, -0.05) is 24.0 Å². The Morgan fingerprint density at radius 2 is 1.95 bits per heavy atom. The maximum atomic E-state index is 12.1. The number of sulfonamides is 1. The minimum atomic E-state index is -3.25. The zero-order valence-electron chi connectivity index (χ0n) is 12.5. The maximum Gasteiger partial charge on any atom is 0.214 e. The van der Waals surface area contributed by atoms with Crippen LogP contribution < -0.4 is 5.73 Å². The Labute approximate surface area is 127 Å². The lowest BCUT2D eigenvalue weighted by atomic mass is 10.1. The summed E-state index contributed by atoms with van der Waals surface area (Å²) < 4.78 is 30.3. The zero-order chi connectivity index (χ0) is 15.7. The van der Waals surface area contributed by atoms with Crippen molar-refractivity contribution in [1.29, 1.82) is 0 Å². The molecule has 5 nitrogen and oxygen atoms in total. The Bertz CT molecular complexity index is 586. The molecule has 1 aromatic carbocycles. The van der Waals surface area contributed by atoms with Gasteiger partial charge in [0.2, 0.25) is 10.0 Å². The largest absolute Gasteiger partial charge is 0.385 e. The van der Waals surface area contributed by atoms with Crippen molar-refractivity contribution in [3.05, 3.63) is 35.4 Å². The summed E-state index contributed by atoms with van der Waals surface area (Å²) in [7, 11) is -0.0977. The van der Waals surface area contributed by atoms with Gasteiger partial charge >= 0.3 is 0 Å². The Hall–Kier alpha value is -1.39. The minimum Gasteiger partial charge on any atom is -0.385 e. The first-order chi connectivity index (χ1) is 9.99. The van der Waals surface area contributed by atoms with Crippen LogP contribution in [0.4, 0.5) is 0 Å². The van der Waals surface area contributed by atoms with Crippen molar-refractivity contribution in [2.75, 3.05) is 33.1 Å². The number of benzene rings is 1. The first-order valence-electron chi connectivity index (χ1n) is 6.70. The monoisotopic (exact) mass is 310 g/mol. The van der Waals surface area contributed by atoms with E-state index in [1.54, 1.807) is 14.2 Å². The number of hydrogen-bond acceptors (Lipinski definition) is 4. The molecule has 0 amide bonds. The van der Waals surface area contributed by atoms with Gasteiger partial charge in [-0.2, -0.15) is 0 Å². The van der Waals surface area contributed by atoms with Gasteiger partial charge in [0.15, 0.2) is 0 Å². The molecule has 0 aliphatic heterocycles. The average Bonchev–Trinajstić information content (AvgIpc) is 2.46. The number of rotatable bonds is 7. The summed E-state index contributed by atoms with van der Waals surface area (Å²) in [5.74, 6) is 5.80. The molecule has 21 heavy (non-hydrogen) atoms. The van der Waals surface area contributed by atoms with Crippen LogP contribution in [-0.4, -0.2) is 45.8 Å². The quantitative estimate of drug-likeness (QED) is 0.597. The van der Waals surface area contributed by atoms with Crippen molar-refractivity contribution < 1.29 is 13.2 Å². The van der Waals surface area contributed by atoms with Crippen molar-refractivity contribution in [3.63, 3.8) is 0 Å². The molecule has 0 unspecified atom stereocenters. The van der Waals surface area contributed by atoms with Crippen molar-refractivity contribution >= 4 is 10.0 Å². The van der Waals surface area contributed by atoms with Gasteiger partial charge in [0.25, 0.3) is 0 Å². The van der Waals surface area contributed by atoms with Gasteiger partial charge in [-0.05, 0) is 24.1 Å². The first-order valence-corrected chi connectivity index (χ1v) is 8.31. The summed E-state index contributed by atoms with van der Waals surface area (Å²) in [6, 6.07) is 7.48. The molecule has 0 saturated carbocycles. The number of nitrogens with zero attached hydrogens (tertiary/aromatic N) is 1. The molecule has 0 atom stereocenters. The molecule has 6 heteroatoms. The van der Waals surface area contributed by atoms with Crippen LogP contribution in [0.15, 0.2) is 24.3 Å². The lowest BCUT2D eigenvalue weighted by molar-refractivity contribution is 0.199. The third-order valence-corrected chi connectivity index (χ3v) is 4.80. The second-order valence-electron chi connectivity index (χ2n) is 4.62. The number of ether oxygens (including phenoxy) is 1. The lowest BCUT2D eigenvalue weighted by Gasteiger charge is -2.17. The van der Waals surface area contributed by atoms with Gasteiger partial charge in [-0.3, -0.25) is 0 Å². The summed E-state index contributed by atoms with van der Waals surface area (Å²) in [6.45, 7) is 1.12. The van der Waals surface area contributed by atoms with Gasteiger partial charge < -0.3 is 10.5 Å². The average molecular weight is 310 g/mol. The van der Waals surface area contributed by atoms with E-state index in [-0.39, 0.29) is 5.75 Å². The van der Waals surface area contributed by atoms with Crippen LogP contribution in [0, 0.1) is 11.8 Å². The van der Waals surface area contributed by atoms with E-state index in [2.05, 4.69) is 11.8 Å². The molecule has 0 spiro atoms. The van der Waals surface area contributed by atoms with Crippen LogP contribution in [0.25, 0.3) is 0 Å². The summed E-state index contributed by atoms with van der Waals surface area (Å²) in [5, 5.41) is 0. The fraction of sp³-hybridized carbons (Fsp3) is 0.467. The highest BCUT2D eigenvalue weighted by molar-refractivity contribution is 7.89. The third kappa shape index (κ3) is 6.27. The van der Waals surface area contributed by atoms with Gasteiger partial charge in [-0.25, -0.2) is 12.7 Å². The highest BCUT2D eigenvalue weighted by Crippen LogP contribution is 2.10. The maximum absolute atomic E-state index is 12.1. The van der Waals surface area contributed by atoms with Gasteiger partial charge in [0.1, 0.15) is 0 Å². The molecule has 0 aliphatic rings. The Morgan fingerprint density at radius 1 is 1.29 bits per heavy atom. The smallest absolute Gasteiger partial charge is 0.214 e. The second-order valence-corrected chi connectivity index (χ2v) is 6.82. The fourth-order valence-corrected chi connectivity index (χ4v) is 2.88. The molecule has 1 aromatic rings. The van der Waals surface area contributed by atoms with Crippen LogP contribution in [0.1, 0.15) is 17.5 Å². The molecule has 0 heterocycles. The predicted octanol–water partition coefficient (Wildman–Crippen LogP) is 0.795. The Balaban J connectivity index is 2.63. The molecule has 0 fully saturated rings. The van der Waals surface area contributed by atoms with Crippen LogP contribution >= 0.6 is 0 Å². The van der Waals surface area contributed by atoms with Crippen molar-refractivity contribution in [1.82, 2.24) is 4.31 Å². The first kappa shape index (κ1) is 17.7. The number of hydrogen-bond donors (Lipinski definition) is 1. The van der Waals surface area contributed by atoms with Crippen molar-refractivity contribution in [2.45, 2.75) is 13.0 Å². The highest BCUT2D eigenvalue weighted by Gasteiger charge is 2.17. The predicted molar refractivity (Wildman–Crippen MR) is 84.1 cm³/mol. The van der Waals surface area contributed by atoms with Crippen molar-refractivity contribution in [3.8, 4) is 11.8 Å². The third-order valence-electron chi connectivity index (χ3n) is 2.92. The molecule has 0 saturated heterocycles. The topological polar surface area (TPSA) is 72.6 Å². The summed E-state index contributed by atoms with van der Waals surface area (Å²) in [4.78, 5) is 0. The molecular formula is C15H22N2O3S.